The molecule has 1 aromatic heterocycles. The van der Waals surface area contributed by atoms with Crippen molar-refractivity contribution in [3.63, 3.8) is 0 Å². The zero-order valence-corrected chi connectivity index (χ0v) is 10.1. The molecular formula is C13H15N3O. The van der Waals surface area contributed by atoms with Crippen molar-refractivity contribution in [1.82, 2.24) is 15.0 Å². The van der Waals surface area contributed by atoms with Crippen molar-refractivity contribution in [3.05, 3.63) is 47.3 Å². The molecule has 0 aliphatic carbocycles. The van der Waals surface area contributed by atoms with E-state index < -0.39 is 0 Å². The highest BCUT2D eigenvalue weighted by atomic mass is 16.1. The fourth-order valence-corrected chi connectivity index (χ4v) is 1.67. The van der Waals surface area contributed by atoms with Crippen LogP contribution in [0.1, 0.15) is 28.5 Å². The predicted molar refractivity (Wildman–Crippen MR) is 64.9 cm³/mol. The Morgan fingerprint density at radius 3 is 2.53 bits per heavy atom. The monoisotopic (exact) mass is 229 g/mol. The molecule has 0 aliphatic heterocycles. The highest BCUT2D eigenvalue weighted by molar-refractivity contribution is 5.97. The van der Waals surface area contributed by atoms with Crippen molar-refractivity contribution in [1.29, 1.82) is 0 Å². The third-order valence-electron chi connectivity index (χ3n) is 2.68. The van der Waals surface area contributed by atoms with Crippen molar-refractivity contribution in [3.8, 4) is 0 Å². The second-order valence-corrected chi connectivity index (χ2v) is 4.03. The number of carbonyl (C=O) groups is 1. The third kappa shape index (κ3) is 2.78. The second-order valence-electron chi connectivity index (χ2n) is 4.03. The number of Topliss-reactive ketones (excluding diaryl/α,β-unsaturated/α-hetero) is 1. The summed E-state index contributed by atoms with van der Waals surface area (Å²) in [6, 6.07) is 7.73. The molecule has 17 heavy (non-hydrogen) atoms. The lowest BCUT2D eigenvalue weighted by atomic mass is 10.0. The molecule has 0 radical (unpaired) electrons. The summed E-state index contributed by atoms with van der Waals surface area (Å²) in [6.45, 7) is 2.09. The van der Waals surface area contributed by atoms with Gasteiger partial charge in [0.05, 0.1) is 12.1 Å². The summed E-state index contributed by atoms with van der Waals surface area (Å²) in [7, 11) is 1.79. The number of rotatable bonds is 4. The SMILES string of the molecule is CCc1ccc(C(=O)Cc2cn(C)nn2)cc1. The van der Waals surface area contributed by atoms with Gasteiger partial charge in [0.1, 0.15) is 0 Å². The number of hydrogen-bond acceptors (Lipinski definition) is 3. The molecule has 0 amide bonds. The smallest absolute Gasteiger partial charge is 0.168 e. The molecule has 1 heterocycles. The molecule has 2 aromatic rings. The standard InChI is InChI=1S/C13H15N3O/c1-3-10-4-6-11(7-5-10)13(17)8-12-9-16(2)15-14-12/h4-7,9H,3,8H2,1-2H3. The van der Waals surface area contributed by atoms with Gasteiger partial charge in [-0.1, -0.05) is 36.4 Å². The first-order valence-electron chi connectivity index (χ1n) is 5.66. The van der Waals surface area contributed by atoms with Crippen LogP contribution in [0.5, 0.6) is 0 Å². The highest BCUT2D eigenvalue weighted by Gasteiger charge is 2.09. The van der Waals surface area contributed by atoms with E-state index in [1.54, 1.807) is 17.9 Å². The first-order chi connectivity index (χ1) is 8.19. The first kappa shape index (κ1) is 11.5. The summed E-state index contributed by atoms with van der Waals surface area (Å²) in [5.41, 5.74) is 2.67. The molecule has 1 aromatic carbocycles. The molecule has 0 unspecified atom stereocenters. The fourth-order valence-electron chi connectivity index (χ4n) is 1.67. The second kappa shape index (κ2) is 4.91. The van der Waals surface area contributed by atoms with Crippen molar-refractivity contribution >= 4 is 5.78 Å². The van der Waals surface area contributed by atoms with Crippen LogP contribution < -0.4 is 0 Å². The van der Waals surface area contributed by atoms with Crippen molar-refractivity contribution in [2.45, 2.75) is 19.8 Å². The molecule has 4 nitrogen and oxygen atoms in total. The Morgan fingerprint density at radius 1 is 1.29 bits per heavy atom. The predicted octanol–water partition coefficient (Wildman–Crippen LogP) is 1.80. The maximum atomic E-state index is 11.9. The minimum Gasteiger partial charge on any atom is -0.294 e. The lowest BCUT2D eigenvalue weighted by Gasteiger charge is -2.00. The van der Waals surface area contributed by atoms with E-state index in [0.717, 1.165) is 12.0 Å². The molecular weight excluding hydrogens is 214 g/mol. The molecule has 0 saturated heterocycles. The van der Waals surface area contributed by atoms with Gasteiger partial charge in [0.15, 0.2) is 5.78 Å². The minimum absolute atomic E-state index is 0.0770. The largest absolute Gasteiger partial charge is 0.294 e. The summed E-state index contributed by atoms with van der Waals surface area (Å²) in [6.07, 6.45) is 3.05. The quantitative estimate of drug-likeness (QED) is 0.751. The zero-order chi connectivity index (χ0) is 12.3. The van der Waals surface area contributed by atoms with Gasteiger partial charge in [-0.2, -0.15) is 0 Å². The van der Waals surface area contributed by atoms with Gasteiger partial charge >= 0.3 is 0 Å². The van der Waals surface area contributed by atoms with Crippen LogP contribution in [0.3, 0.4) is 0 Å². The zero-order valence-electron chi connectivity index (χ0n) is 10.1. The van der Waals surface area contributed by atoms with Crippen LogP contribution in [0, 0.1) is 0 Å². The van der Waals surface area contributed by atoms with Crippen molar-refractivity contribution < 1.29 is 4.79 Å². The molecule has 0 atom stereocenters. The number of aryl methyl sites for hydroxylation is 2. The first-order valence-corrected chi connectivity index (χ1v) is 5.66. The summed E-state index contributed by atoms with van der Waals surface area (Å²) >= 11 is 0. The van der Waals surface area contributed by atoms with E-state index >= 15 is 0 Å². The van der Waals surface area contributed by atoms with E-state index in [-0.39, 0.29) is 5.78 Å². The van der Waals surface area contributed by atoms with Crippen LogP contribution in [0.25, 0.3) is 0 Å². The summed E-state index contributed by atoms with van der Waals surface area (Å²) < 4.78 is 1.60. The molecule has 0 aliphatic rings. The van der Waals surface area contributed by atoms with Crippen LogP contribution in [0.2, 0.25) is 0 Å². The number of aromatic nitrogens is 3. The number of benzene rings is 1. The van der Waals surface area contributed by atoms with E-state index in [9.17, 15) is 4.79 Å². The van der Waals surface area contributed by atoms with Crippen LogP contribution in [0.15, 0.2) is 30.5 Å². The van der Waals surface area contributed by atoms with Crippen LogP contribution in [0.4, 0.5) is 0 Å². The van der Waals surface area contributed by atoms with Gasteiger partial charge in [0, 0.05) is 18.8 Å². The van der Waals surface area contributed by atoms with E-state index in [0.29, 0.717) is 12.1 Å². The molecule has 0 saturated carbocycles. The van der Waals surface area contributed by atoms with Crippen LogP contribution >= 0.6 is 0 Å². The number of nitrogens with zero attached hydrogens (tertiary/aromatic N) is 3. The Hall–Kier alpha value is -1.97. The van der Waals surface area contributed by atoms with E-state index in [1.807, 2.05) is 24.3 Å². The maximum Gasteiger partial charge on any atom is 0.168 e. The molecule has 0 spiro atoms. The van der Waals surface area contributed by atoms with Gasteiger partial charge in [-0.15, -0.1) is 5.10 Å². The van der Waals surface area contributed by atoms with E-state index in [1.165, 1.54) is 5.56 Å². The highest BCUT2D eigenvalue weighted by Crippen LogP contribution is 2.08. The van der Waals surface area contributed by atoms with Crippen molar-refractivity contribution in [2.75, 3.05) is 0 Å². The molecule has 4 heteroatoms. The molecule has 0 N–H and O–H groups in total. The topological polar surface area (TPSA) is 47.8 Å². The van der Waals surface area contributed by atoms with Gasteiger partial charge in [0.2, 0.25) is 0 Å². The van der Waals surface area contributed by atoms with Crippen LogP contribution in [-0.4, -0.2) is 20.8 Å². The van der Waals surface area contributed by atoms with Gasteiger partial charge in [-0.3, -0.25) is 9.48 Å². The molecule has 2 rings (SSSR count). The Morgan fingerprint density at radius 2 is 2.00 bits per heavy atom. The Balaban J connectivity index is 2.09. The van der Waals surface area contributed by atoms with E-state index in [2.05, 4.69) is 17.2 Å². The Labute approximate surface area is 100 Å². The molecule has 0 bridgehead atoms. The van der Waals surface area contributed by atoms with Gasteiger partial charge in [-0.25, -0.2) is 0 Å². The van der Waals surface area contributed by atoms with Gasteiger partial charge in [0.25, 0.3) is 0 Å². The summed E-state index contributed by atoms with van der Waals surface area (Å²) in [5, 5.41) is 7.71. The van der Waals surface area contributed by atoms with Gasteiger partial charge < -0.3 is 0 Å². The number of ketones is 1. The summed E-state index contributed by atoms with van der Waals surface area (Å²) in [4.78, 5) is 11.9. The van der Waals surface area contributed by atoms with Crippen molar-refractivity contribution in [2.24, 2.45) is 7.05 Å². The van der Waals surface area contributed by atoms with E-state index in [4.69, 9.17) is 0 Å². The number of hydrogen-bond donors (Lipinski definition) is 0. The maximum absolute atomic E-state index is 11.9. The average molecular weight is 229 g/mol. The number of carbonyl (C=O) groups excluding carboxylic acids is 1. The lowest BCUT2D eigenvalue weighted by molar-refractivity contribution is 0.0992. The minimum atomic E-state index is 0.0770. The molecule has 88 valence electrons. The summed E-state index contributed by atoms with van der Waals surface area (Å²) in [5.74, 6) is 0.0770. The Bertz CT molecular complexity index is 514. The van der Waals surface area contributed by atoms with Crippen LogP contribution in [-0.2, 0) is 19.9 Å². The average Bonchev–Trinajstić information content (AvgIpc) is 2.75. The normalized spacial score (nSPS) is 10.5. The van der Waals surface area contributed by atoms with Gasteiger partial charge in [-0.05, 0) is 12.0 Å². The third-order valence-corrected chi connectivity index (χ3v) is 2.68. The Kier molecular flexibility index (Phi) is 3.32. The molecule has 0 fully saturated rings. The fraction of sp³-hybridized carbons (Fsp3) is 0.308. The lowest BCUT2D eigenvalue weighted by Crippen LogP contribution is -2.04.